The SMILES string of the molecule is CN[C@@H]1CCN(c2ccnc(CC3CC3)n2)C1. The fraction of sp³-hybridized carbons (Fsp3) is 0.692. The van der Waals surface area contributed by atoms with Gasteiger partial charge in [-0.05, 0) is 38.3 Å². The van der Waals surface area contributed by atoms with Gasteiger partial charge in [-0.1, -0.05) is 0 Å². The molecule has 1 saturated heterocycles. The van der Waals surface area contributed by atoms with Gasteiger partial charge in [-0.15, -0.1) is 0 Å². The molecule has 0 amide bonds. The number of hydrogen-bond acceptors (Lipinski definition) is 4. The molecule has 1 atom stereocenters. The maximum atomic E-state index is 4.69. The third kappa shape index (κ3) is 2.57. The summed E-state index contributed by atoms with van der Waals surface area (Å²) < 4.78 is 0. The van der Waals surface area contributed by atoms with Crippen molar-refractivity contribution < 1.29 is 0 Å². The van der Waals surface area contributed by atoms with Crippen molar-refractivity contribution in [3.8, 4) is 0 Å². The Bertz CT molecular complexity index is 389. The van der Waals surface area contributed by atoms with Crippen molar-refractivity contribution in [2.45, 2.75) is 31.7 Å². The summed E-state index contributed by atoms with van der Waals surface area (Å²) in [4.78, 5) is 11.4. The van der Waals surface area contributed by atoms with E-state index in [1.54, 1.807) is 0 Å². The molecule has 1 N–H and O–H groups in total. The van der Waals surface area contributed by atoms with Crippen LogP contribution >= 0.6 is 0 Å². The predicted molar refractivity (Wildman–Crippen MR) is 68.1 cm³/mol. The van der Waals surface area contributed by atoms with Crippen LogP contribution in [0.1, 0.15) is 25.1 Å². The summed E-state index contributed by atoms with van der Waals surface area (Å²) >= 11 is 0. The van der Waals surface area contributed by atoms with Gasteiger partial charge in [0.05, 0.1) is 0 Å². The molecule has 0 bridgehead atoms. The van der Waals surface area contributed by atoms with Crippen LogP contribution in [0.2, 0.25) is 0 Å². The average Bonchev–Trinajstić information content (AvgIpc) is 3.04. The summed E-state index contributed by atoms with van der Waals surface area (Å²) in [6, 6.07) is 2.64. The molecule has 0 unspecified atom stereocenters. The van der Waals surface area contributed by atoms with Crippen LogP contribution in [0.4, 0.5) is 5.82 Å². The van der Waals surface area contributed by atoms with Crippen LogP contribution in [-0.2, 0) is 6.42 Å². The fourth-order valence-corrected chi connectivity index (χ4v) is 2.45. The zero-order chi connectivity index (χ0) is 11.7. The van der Waals surface area contributed by atoms with Gasteiger partial charge in [0.1, 0.15) is 11.6 Å². The van der Waals surface area contributed by atoms with Crippen molar-refractivity contribution in [2.24, 2.45) is 5.92 Å². The Hall–Kier alpha value is -1.16. The Morgan fingerprint density at radius 3 is 3.00 bits per heavy atom. The molecule has 17 heavy (non-hydrogen) atoms. The molecule has 1 aromatic rings. The minimum Gasteiger partial charge on any atom is -0.355 e. The Balaban J connectivity index is 1.69. The van der Waals surface area contributed by atoms with Crippen LogP contribution in [0.5, 0.6) is 0 Å². The van der Waals surface area contributed by atoms with Gasteiger partial charge in [0.25, 0.3) is 0 Å². The monoisotopic (exact) mass is 232 g/mol. The molecular weight excluding hydrogens is 212 g/mol. The van der Waals surface area contributed by atoms with E-state index >= 15 is 0 Å². The Labute approximate surface area is 102 Å². The van der Waals surface area contributed by atoms with Gasteiger partial charge in [-0.2, -0.15) is 0 Å². The van der Waals surface area contributed by atoms with E-state index < -0.39 is 0 Å². The fourth-order valence-electron chi connectivity index (χ4n) is 2.45. The molecule has 4 heteroatoms. The van der Waals surface area contributed by atoms with Gasteiger partial charge in [-0.3, -0.25) is 0 Å². The minimum atomic E-state index is 0.608. The summed E-state index contributed by atoms with van der Waals surface area (Å²) in [7, 11) is 2.03. The lowest BCUT2D eigenvalue weighted by atomic mass is 10.3. The van der Waals surface area contributed by atoms with Gasteiger partial charge in [0.15, 0.2) is 0 Å². The zero-order valence-corrected chi connectivity index (χ0v) is 10.4. The van der Waals surface area contributed by atoms with E-state index in [2.05, 4.69) is 15.2 Å². The van der Waals surface area contributed by atoms with Crippen LogP contribution < -0.4 is 10.2 Å². The van der Waals surface area contributed by atoms with E-state index in [1.165, 1.54) is 19.3 Å². The molecule has 0 radical (unpaired) electrons. The minimum absolute atomic E-state index is 0.608. The van der Waals surface area contributed by atoms with Gasteiger partial charge >= 0.3 is 0 Å². The number of anilines is 1. The van der Waals surface area contributed by atoms with Gasteiger partial charge in [-0.25, -0.2) is 9.97 Å². The van der Waals surface area contributed by atoms with Crippen molar-refractivity contribution >= 4 is 5.82 Å². The lowest BCUT2D eigenvalue weighted by molar-refractivity contribution is 0.616. The van der Waals surface area contributed by atoms with E-state index in [-0.39, 0.29) is 0 Å². The molecular formula is C13H20N4. The molecule has 4 nitrogen and oxygen atoms in total. The topological polar surface area (TPSA) is 41.0 Å². The number of nitrogens with zero attached hydrogens (tertiary/aromatic N) is 3. The average molecular weight is 232 g/mol. The third-order valence-electron chi connectivity index (χ3n) is 3.78. The van der Waals surface area contributed by atoms with E-state index in [0.29, 0.717) is 6.04 Å². The second-order valence-corrected chi connectivity index (χ2v) is 5.20. The van der Waals surface area contributed by atoms with Gasteiger partial charge in [0, 0.05) is 31.7 Å². The molecule has 1 saturated carbocycles. The first-order valence-electron chi connectivity index (χ1n) is 6.59. The number of likely N-dealkylation sites (N-methyl/N-ethyl adjacent to an activating group) is 1. The summed E-state index contributed by atoms with van der Waals surface area (Å²) in [5.41, 5.74) is 0. The van der Waals surface area contributed by atoms with Crippen molar-refractivity contribution in [1.29, 1.82) is 0 Å². The molecule has 3 rings (SSSR count). The third-order valence-corrected chi connectivity index (χ3v) is 3.78. The normalized spacial score (nSPS) is 24.3. The number of aromatic nitrogens is 2. The maximum Gasteiger partial charge on any atom is 0.132 e. The van der Waals surface area contributed by atoms with Crippen molar-refractivity contribution in [3.63, 3.8) is 0 Å². The van der Waals surface area contributed by atoms with Crippen LogP contribution in [0, 0.1) is 5.92 Å². The van der Waals surface area contributed by atoms with E-state index in [0.717, 1.165) is 37.1 Å². The summed E-state index contributed by atoms with van der Waals surface area (Å²) in [6.07, 6.45) is 6.90. The molecule has 1 aliphatic heterocycles. The highest BCUT2D eigenvalue weighted by Crippen LogP contribution is 2.32. The molecule has 92 valence electrons. The molecule has 2 aliphatic rings. The van der Waals surface area contributed by atoms with E-state index in [1.807, 2.05) is 19.3 Å². The summed E-state index contributed by atoms with van der Waals surface area (Å²) in [5.74, 6) is 2.99. The summed E-state index contributed by atoms with van der Waals surface area (Å²) in [5, 5.41) is 3.34. The highest BCUT2D eigenvalue weighted by atomic mass is 15.2. The van der Waals surface area contributed by atoms with Crippen LogP contribution in [0.25, 0.3) is 0 Å². The van der Waals surface area contributed by atoms with Crippen molar-refractivity contribution in [3.05, 3.63) is 18.1 Å². The smallest absolute Gasteiger partial charge is 0.132 e. The van der Waals surface area contributed by atoms with Crippen molar-refractivity contribution in [1.82, 2.24) is 15.3 Å². The first-order chi connectivity index (χ1) is 8.35. The molecule has 0 aromatic carbocycles. The predicted octanol–water partition coefficient (Wildman–Crippen LogP) is 1.23. The Morgan fingerprint density at radius 1 is 1.41 bits per heavy atom. The number of nitrogens with one attached hydrogen (secondary N) is 1. The molecule has 1 aliphatic carbocycles. The van der Waals surface area contributed by atoms with E-state index in [9.17, 15) is 0 Å². The first-order valence-corrected chi connectivity index (χ1v) is 6.59. The number of hydrogen-bond donors (Lipinski definition) is 1. The van der Waals surface area contributed by atoms with E-state index in [4.69, 9.17) is 4.98 Å². The largest absolute Gasteiger partial charge is 0.355 e. The van der Waals surface area contributed by atoms with Crippen LogP contribution in [0.3, 0.4) is 0 Å². The lowest BCUT2D eigenvalue weighted by Gasteiger charge is -2.17. The quantitative estimate of drug-likeness (QED) is 0.847. The van der Waals surface area contributed by atoms with Crippen LogP contribution in [0.15, 0.2) is 12.3 Å². The molecule has 2 fully saturated rings. The second-order valence-electron chi connectivity index (χ2n) is 5.20. The van der Waals surface area contributed by atoms with Crippen molar-refractivity contribution in [2.75, 3.05) is 25.0 Å². The highest BCUT2D eigenvalue weighted by molar-refractivity contribution is 5.39. The first kappa shape index (κ1) is 11.0. The lowest BCUT2D eigenvalue weighted by Crippen LogP contribution is -2.30. The van der Waals surface area contributed by atoms with Crippen LogP contribution in [-0.4, -0.2) is 36.1 Å². The number of rotatable bonds is 4. The van der Waals surface area contributed by atoms with Gasteiger partial charge in [0.2, 0.25) is 0 Å². The molecule has 0 spiro atoms. The second kappa shape index (κ2) is 4.61. The summed E-state index contributed by atoms with van der Waals surface area (Å²) in [6.45, 7) is 2.17. The Morgan fingerprint density at radius 2 is 2.29 bits per heavy atom. The Kier molecular flexibility index (Phi) is 2.97. The highest BCUT2D eigenvalue weighted by Gasteiger charge is 2.25. The molecule has 2 heterocycles. The standard InChI is InChI=1S/C13H20N4/c1-14-11-5-7-17(9-11)13-4-6-15-12(16-13)8-10-2-3-10/h4,6,10-11,14H,2-3,5,7-9H2,1H3/t11-/m1/s1. The zero-order valence-electron chi connectivity index (χ0n) is 10.4. The maximum absolute atomic E-state index is 4.69. The molecule has 1 aromatic heterocycles. The van der Waals surface area contributed by atoms with Gasteiger partial charge < -0.3 is 10.2 Å².